The van der Waals surface area contributed by atoms with E-state index in [4.69, 9.17) is 13.9 Å². The summed E-state index contributed by atoms with van der Waals surface area (Å²) in [6.45, 7) is 17.0. The van der Waals surface area contributed by atoms with Crippen LogP contribution in [0.3, 0.4) is 0 Å². The molecule has 0 bridgehead atoms. The lowest BCUT2D eigenvalue weighted by Gasteiger charge is -2.60. The van der Waals surface area contributed by atoms with Crippen LogP contribution in [-0.2, 0) is 19.1 Å². The normalized spacial score (nSPS) is 38.7. The van der Waals surface area contributed by atoms with E-state index in [2.05, 4.69) is 0 Å². The number of ether oxygens (including phenoxy) is 2. The molecule has 1 aromatic rings. The quantitative estimate of drug-likeness (QED) is 0.621. The van der Waals surface area contributed by atoms with Crippen molar-refractivity contribution in [3.8, 4) is 0 Å². The predicted octanol–water partition coefficient (Wildman–Crippen LogP) is 3.57. The highest BCUT2D eigenvalue weighted by atomic mass is 16.8. The van der Waals surface area contributed by atoms with Crippen LogP contribution in [-0.4, -0.2) is 45.6 Å². The van der Waals surface area contributed by atoms with Gasteiger partial charge < -0.3 is 24.1 Å². The number of aliphatic hydroxyl groups is 2. The zero-order valence-electron chi connectivity index (χ0n) is 23.2. The van der Waals surface area contributed by atoms with Gasteiger partial charge >= 0.3 is 0 Å². The Bertz CT molecular complexity index is 1090. The largest absolute Gasteiger partial charge is 0.465 e. The van der Waals surface area contributed by atoms with Crippen molar-refractivity contribution in [2.75, 3.05) is 0 Å². The monoisotopic (exact) mass is 506 g/mol. The molecule has 1 aromatic heterocycles. The minimum absolute atomic E-state index is 0.0436. The Labute approximate surface area is 213 Å². The SMILES string of the molecule is CCC(=O)C(C)[C@H]1O[C@]2(O[C@](O)([C@@H](C)c3oc(C)c(C)c(=O)c3C)[C@@H](C)[C@@H](O)[C@H]2C)[C@@H](C)C(=O)[C@@H]1C. The van der Waals surface area contributed by atoms with E-state index in [1.165, 1.54) is 0 Å². The molecule has 3 heterocycles. The number of aryl methyl sites for hydroxylation is 1. The molecule has 0 radical (unpaired) electrons. The lowest BCUT2D eigenvalue weighted by atomic mass is 9.67. The molecule has 8 heteroatoms. The van der Waals surface area contributed by atoms with Crippen LogP contribution in [0.1, 0.15) is 83.5 Å². The minimum Gasteiger partial charge on any atom is -0.465 e. The van der Waals surface area contributed by atoms with E-state index >= 15 is 0 Å². The highest BCUT2D eigenvalue weighted by Gasteiger charge is 2.66. The molecule has 2 saturated heterocycles. The van der Waals surface area contributed by atoms with E-state index in [0.717, 1.165) is 0 Å². The Morgan fingerprint density at radius 3 is 2.17 bits per heavy atom. The molecule has 1 spiro atoms. The minimum atomic E-state index is -2.04. The zero-order valence-corrected chi connectivity index (χ0v) is 23.2. The number of rotatable bonds is 5. The van der Waals surface area contributed by atoms with Gasteiger partial charge in [0.05, 0.1) is 24.0 Å². The Hall–Kier alpha value is -1.87. The van der Waals surface area contributed by atoms with Crippen molar-refractivity contribution in [2.24, 2.45) is 29.6 Å². The summed E-state index contributed by atoms with van der Waals surface area (Å²) >= 11 is 0. The summed E-state index contributed by atoms with van der Waals surface area (Å²) in [6, 6.07) is 0. The molecule has 2 aliphatic heterocycles. The summed E-state index contributed by atoms with van der Waals surface area (Å²) in [5.41, 5.74) is 0.647. The molecular weight excluding hydrogens is 464 g/mol. The molecule has 10 atom stereocenters. The van der Waals surface area contributed by atoms with Crippen LogP contribution in [0.15, 0.2) is 9.21 Å². The standard InChI is InChI=1S/C28H42O8/c1-11-21(29)13(3)25-15(5)23(31)17(7)28(35-25)18(8)24(32)16(6)27(33,36-28)19(9)26-14(4)22(30)12(2)20(10)34-26/h13,15-19,24-25,32-33H,11H2,1-10H3/t13?,15-,16-,17-,18+,19-,24+,25+,27-,28-/m0/s1. The Morgan fingerprint density at radius 1 is 1.03 bits per heavy atom. The summed E-state index contributed by atoms with van der Waals surface area (Å²) in [7, 11) is 0. The van der Waals surface area contributed by atoms with Crippen LogP contribution in [0.5, 0.6) is 0 Å². The van der Waals surface area contributed by atoms with Crippen molar-refractivity contribution in [1.82, 2.24) is 0 Å². The number of hydrogen-bond donors (Lipinski definition) is 2. The van der Waals surface area contributed by atoms with Gasteiger partial charge in [-0.2, -0.15) is 0 Å². The van der Waals surface area contributed by atoms with Crippen molar-refractivity contribution in [2.45, 2.75) is 105 Å². The second-order valence-corrected chi connectivity index (χ2v) is 11.1. The summed E-state index contributed by atoms with van der Waals surface area (Å²) in [5, 5.41) is 23.5. The van der Waals surface area contributed by atoms with E-state index in [0.29, 0.717) is 23.3 Å². The van der Waals surface area contributed by atoms with Gasteiger partial charge in [-0.05, 0) is 20.8 Å². The van der Waals surface area contributed by atoms with E-state index in [1.54, 1.807) is 69.2 Å². The second kappa shape index (κ2) is 9.78. The zero-order chi connectivity index (χ0) is 27.5. The summed E-state index contributed by atoms with van der Waals surface area (Å²) in [4.78, 5) is 38.9. The van der Waals surface area contributed by atoms with E-state index < -0.39 is 59.3 Å². The number of Topliss-reactive ketones (excluding diaryl/α,β-unsaturated/α-hetero) is 2. The number of ketones is 2. The van der Waals surface area contributed by atoms with Crippen molar-refractivity contribution >= 4 is 11.6 Å². The highest BCUT2D eigenvalue weighted by Crippen LogP contribution is 2.54. The average Bonchev–Trinajstić information content (AvgIpc) is 2.86. The van der Waals surface area contributed by atoms with Gasteiger partial charge in [-0.3, -0.25) is 14.4 Å². The van der Waals surface area contributed by atoms with Gasteiger partial charge in [0, 0.05) is 41.2 Å². The fourth-order valence-corrected chi connectivity index (χ4v) is 6.14. The number of carbonyl (C=O) groups excluding carboxylic acids is 2. The molecular formula is C28H42O8. The summed E-state index contributed by atoms with van der Waals surface area (Å²) in [6.07, 6.45) is -1.58. The topological polar surface area (TPSA) is 123 Å². The maximum absolute atomic E-state index is 13.5. The van der Waals surface area contributed by atoms with Crippen molar-refractivity contribution in [3.63, 3.8) is 0 Å². The molecule has 0 aliphatic carbocycles. The number of aliphatic hydroxyl groups excluding tert-OH is 1. The van der Waals surface area contributed by atoms with Gasteiger partial charge in [0.1, 0.15) is 23.1 Å². The maximum Gasteiger partial charge on any atom is 0.191 e. The molecule has 0 aromatic carbocycles. The number of carbonyl (C=O) groups is 2. The molecule has 2 aliphatic rings. The lowest BCUT2D eigenvalue weighted by molar-refractivity contribution is -0.449. The van der Waals surface area contributed by atoms with Crippen molar-refractivity contribution < 1.29 is 33.7 Å². The second-order valence-electron chi connectivity index (χ2n) is 11.1. The number of hydrogen-bond acceptors (Lipinski definition) is 8. The molecule has 2 N–H and O–H groups in total. The fraction of sp³-hybridized carbons (Fsp3) is 0.750. The smallest absolute Gasteiger partial charge is 0.191 e. The van der Waals surface area contributed by atoms with Crippen LogP contribution in [0.25, 0.3) is 0 Å². The molecule has 3 rings (SSSR count). The van der Waals surface area contributed by atoms with Crippen LogP contribution in [0.4, 0.5) is 0 Å². The van der Waals surface area contributed by atoms with E-state index in [9.17, 15) is 24.6 Å². The van der Waals surface area contributed by atoms with Gasteiger partial charge in [-0.15, -0.1) is 0 Å². The van der Waals surface area contributed by atoms with Gasteiger partial charge in [0.15, 0.2) is 17.0 Å². The molecule has 2 fully saturated rings. The fourth-order valence-electron chi connectivity index (χ4n) is 6.14. The molecule has 0 saturated carbocycles. The summed E-state index contributed by atoms with van der Waals surface area (Å²) in [5.74, 6) is -7.56. The first-order valence-electron chi connectivity index (χ1n) is 13.0. The van der Waals surface area contributed by atoms with Crippen LogP contribution in [0, 0.1) is 50.4 Å². The van der Waals surface area contributed by atoms with Crippen LogP contribution in [0.2, 0.25) is 0 Å². The molecule has 202 valence electrons. The molecule has 0 amide bonds. The van der Waals surface area contributed by atoms with Gasteiger partial charge in [-0.1, -0.05) is 48.5 Å². The average molecular weight is 507 g/mol. The van der Waals surface area contributed by atoms with Gasteiger partial charge in [0.25, 0.3) is 0 Å². The third-order valence-corrected chi connectivity index (χ3v) is 9.13. The maximum atomic E-state index is 13.5. The van der Waals surface area contributed by atoms with Crippen molar-refractivity contribution in [3.05, 3.63) is 32.9 Å². The van der Waals surface area contributed by atoms with Crippen LogP contribution < -0.4 is 5.43 Å². The molecule has 1 unspecified atom stereocenters. The van der Waals surface area contributed by atoms with E-state index in [-0.39, 0.29) is 22.8 Å². The predicted molar refractivity (Wildman–Crippen MR) is 133 cm³/mol. The summed E-state index contributed by atoms with van der Waals surface area (Å²) < 4.78 is 19.0. The molecule has 8 nitrogen and oxygen atoms in total. The molecule has 36 heavy (non-hydrogen) atoms. The Balaban J connectivity index is 2.15. The van der Waals surface area contributed by atoms with Crippen LogP contribution >= 0.6 is 0 Å². The third kappa shape index (κ3) is 4.10. The first kappa shape index (κ1) is 28.7. The first-order chi connectivity index (χ1) is 16.6. The van der Waals surface area contributed by atoms with Gasteiger partial charge in [0.2, 0.25) is 0 Å². The highest BCUT2D eigenvalue weighted by molar-refractivity contribution is 5.87. The first-order valence-corrected chi connectivity index (χ1v) is 13.0. The lowest BCUT2D eigenvalue weighted by Crippen LogP contribution is -2.72. The van der Waals surface area contributed by atoms with Crippen molar-refractivity contribution in [1.29, 1.82) is 0 Å². The Kier molecular flexibility index (Phi) is 7.80. The van der Waals surface area contributed by atoms with Gasteiger partial charge in [-0.25, -0.2) is 0 Å². The van der Waals surface area contributed by atoms with E-state index in [1.807, 2.05) is 0 Å². The third-order valence-electron chi connectivity index (χ3n) is 9.13. The Morgan fingerprint density at radius 2 is 1.61 bits per heavy atom.